The van der Waals surface area contributed by atoms with Crippen LogP contribution in [0.2, 0.25) is 0 Å². The number of anilines is 1. The van der Waals surface area contributed by atoms with E-state index in [1.807, 2.05) is 64.1 Å². The number of hydrogen-bond acceptors (Lipinski definition) is 5. The summed E-state index contributed by atoms with van der Waals surface area (Å²) in [5, 5.41) is 3.24. The third kappa shape index (κ3) is 4.95. The molecule has 4 rings (SSSR count). The first-order chi connectivity index (χ1) is 15.8. The van der Waals surface area contributed by atoms with Gasteiger partial charge in [-0.25, -0.2) is 0 Å². The minimum atomic E-state index is -0.353. The van der Waals surface area contributed by atoms with Gasteiger partial charge in [0.1, 0.15) is 11.4 Å². The summed E-state index contributed by atoms with van der Waals surface area (Å²) in [5.41, 5.74) is 5.03. The molecule has 2 aromatic carbocycles. The highest BCUT2D eigenvalue weighted by Gasteiger charge is 2.39. The highest BCUT2D eigenvalue weighted by Crippen LogP contribution is 2.32. The summed E-state index contributed by atoms with van der Waals surface area (Å²) in [4.78, 5) is 32.2. The molecule has 0 saturated carbocycles. The van der Waals surface area contributed by atoms with E-state index in [1.165, 1.54) is 4.90 Å². The smallest absolute Gasteiger partial charge is 0.278 e. The van der Waals surface area contributed by atoms with Crippen LogP contribution in [-0.4, -0.2) is 27.8 Å². The molecule has 3 aromatic rings. The van der Waals surface area contributed by atoms with Crippen molar-refractivity contribution < 1.29 is 14.3 Å². The molecule has 2 heterocycles. The lowest BCUT2D eigenvalue weighted by Gasteiger charge is -2.15. The van der Waals surface area contributed by atoms with E-state index >= 15 is 0 Å². The number of hydrogen-bond donors (Lipinski definition) is 1. The molecular weight excluding hydrogens is 414 g/mol. The maximum Gasteiger partial charge on any atom is 0.278 e. The van der Waals surface area contributed by atoms with Crippen molar-refractivity contribution in [3.8, 4) is 5.75 Å². The lowest BCUT2D eigenvalue weighted by molar-refractivity contribution is -0.137. The first kappa shape index (κ1) is 22.3. The quantitative estimate of drug-likeness (QED) is 0.529. The average Bonchev–Trinajstić information content (AvgIpc) is 2.98. The van der Waals surface area contributed by atoms with E-state index < -0.39 is 0 Å². The Morgan fingerprint density at radius 2 is 1.55 bits per heavy atom. The van der Waals surface area contributed by atoms with E-state index in [0.29, 0.717) is 16.9 Å². The summed E-state index contributed by atoms with van der Waals surface area (Å²) < 4.78 is 5.73. The highest BCUT2D eigenvalue weighted by molar-refractivity contribution is 6.36. The van der Waals surface area contributed by atoms with Crippen LogP contribution >= 0.6 is 0 Å². The molecule has 0 unspecified atom stereocenters. The number of carbonyl (C=O) groups excluding carboxylic acids is 2. The Hall–Kier alpha value is -3.93. The predicted molar refractivity (Wildman–Crippen MR) is 128 cm³/mol. The number of rotatable bonds is 7. The van der Waals surface area contributed by atoms with E-state index in [0.717, 1.165) is 22.4 Å². The first-order valence-electron chi connectivity index (χ1n) is 10.9. The first-order valence-corrected chi connectivity index (χ1v) is 10.9. The van der Waals surface area contributed by atoms with Crippen LogP contribution in [0.25, 0.3) is 5.57 Å². The fourth-order valence-corrected chi connectivity index (χ4v) is 3.94. The number of nitrogens with one attached hydrogen (secondary N) is 1. The molecule has 0 saturated heterocycles. The van der Waals surface area contributed by atoms with Crippen molar-refractivity contribution in [1.29, 1.82) is 0 Å². The van der Waals surface area contributed by atoms with Gasteiger partial charge in [-0.2, -0.15) is 0 Å². The van der Waals surface area contributed by atoms with Crippen molar-refractivity contribution >= 4 is 23.1 Å². The van der Waals surface area contributed by atoms with Crippen molar-refractivity contribution in [1.82, 2.24) is 9.88 Å². The molecule has 1 aliphatic rings. The largest absolute Gasteiger partial charge is 0.491 e. The number of amides is 2. The van der Waals surface area contributed by atoms with Gasteiger partial charge in [0.15, 0.2) is 0 Å². The van der Waals surface area contributed by atoms with Gasteiger partial charge in [0.2, 0.25) is 0 Å². The monoisotopic (exact) mass is 441 g/mol. The van der Waals surface area contributed by atoms with Crippen LogP contribution in [0.15, 0.2) is 72.7 Å². The van der Waals surface area contributed by atoms with Crippen LogP contribution in [0.3, 0.4) is 0 Å². The summed E-state index contributed by atoms with van der Waals surface area (Å²) in [6.45, 7) is 8.09. The van der Waals surface area contributed by atoms with Gasteiger partial charge in [-0.05, 0) is 86.3 Å². The molecule has 1 N–H and O–H groups in total. The molecule has 168 valence electrons. The second-order valence-electron chi connectivity index (χ2n) is 8.49. The van der Waals surface area contributed by atoms with Gasteiger partial charge in [0.05, 0.1) is 18.2 Å². The summed E-state index contributed by atoms with van der Waals surface area (Å²) in [7, 11) is 0. The Morgan fingerprint density at radius 1 is 0.909 bits per heavy atom. The molecule has 6 heteroatoms. The second kappa shape index (κ2) is 9.28. The van der Waals surface area contributed by atoms with Crippen molar-refractivity contribution in [2.45, 2.75) is 40.3 Å². The number of nitrogens with zero attached hydrogens (tertiary/aromatic N) is 2. The fraction of sp³-hybridized carbons (Fsp3) is 0.222. The van der Waals surface area contributed by atoms with Crippen LogP contribution < -0.4 is 10.1 Å². The van der Waals surface area contributed by atoms with E-state index in [9.17, 15) is 9.59 Å². The zero-order valence-electron chi connectivity index (χ0n) is 19.3. The van der Waals surface area contributed by atoms with Gasteiger partial charge in [-0.1, -0.05) is 18.2 Å². The van der Waals surface area contributed by atoms with Gasteiger partial charge < -0.3 is 10.1 Å². The van der Waals surface area contributed by atoms with Crippen molar-refractivity contribution in [3.05, 3.63) is 94.9 Å². The number of aryl methyl sites for hydroxylation is 2. The number of carbonyl (C=O) groups is 2. The van der Waals surface area contributed by atoms with Gasteiger partial charge in [0.25, 0.3) is 11.8 Å². The predicted octanol–water partition coefficient (Wildman–Crippen LogP) is 4.88. The average molecular weight is 442 g/mol. The zero-order valence-corrected chi connectivity index (χ0v) is 19.3. The minimum Gasteiger partial charge on any atom is -0.491 e. The van der Waals surface area contributed by atoms with Gasteiger partial charge in [0, 0.05) is 18.1 Å². The van der Waals surface area contributed by atoms with E-state index in [2.05, 4.69) is 16.4 Å². The van der Waals surface area contributed by atoms with E-state index in [1.54, 1.807) is 24.5 Å². The SMILES string of the molecule is Cc1cc(C)cc(NC2=C(c3ccc(OC(C)C)cc3)C(=O)N(Cc3ccncc3)C2=O)c1. The molecule has 6 nitrogen and oxygen atoms in total. The molecule has 0 bridgehead atoms. The van der Waals surface area contributed by atoms with Gasteiger partial charge in [-0.3, -0.25) is 19.5 Å². The zero-order chi connectivity index (χ0) is 23.5. The third-order valence-electron chi connectivity index (χ3n) is 5.26. The summed E-state index contributed by atoms with van der Waals surface area (Å²) in [5.74, 6) is 0.0262. The lowest BCUT2D eigenvalue weighted by Crippen LogP contribution is -2.32. The molecule has 0 aliphatic carbocycles. The maximum absolute atomic E-state index is 13.5. The molecular formula is C27H27N3O3. The minimum absolute atomic E-state index is 0.0439. The Balaban J connectivity index is 1.73. The summed E-state index contributed by atoms with van der Waals surface area (Å²) >= 11 is 0. The Bertz CT molecular complexity index is 1190. The van der Waals surface area contributed by atoms with Crippen LogP contribution in [0.1, 0.15) is 36.1 Å². The standard InChI is InChI=1S/C27H27N3O3/c1-17(2)33-23-7-5-21(6-8-23)24-25(29-22-14-18(3)13-19(4)15-22)27(32)30(26(24)31)16-20-9-11-28-12-10-20/h5-15,17,29H,16H2,1-4H3. The number of imide groups is 1. The molecule has 2 amide bonds. The van der Waals surface area contributed by atoms with Crippen LogP contribution in [-0.2, 0) is 16.1 Å². The normalized spacial score (nSPS) is 13.8. The summed E-state index contributed by atoms with van der Waals surface area (Å²) in [6.07, 6.45) is 3.34. The molecule has 1 aliphatic heterocycles. The Kier molecular flexibility index (Phi) is 6.27. The fourth-order valence-electron chi connectivity index (χ4n) is 3.94. The number of aromatic nitrogens is 1. The van der Waals surface area contributed by atoms with Crippen molar-refractivity contribution in [2.75, 3.05) is 5.32 Å². The van der Waals surface area contributed by atoms with Crippen LogP contribution in [0.5, 0.6) is 5.75 Å². The topological polar surface area (TPSA) is 71.5 Å². The lowest BCUT2D eigenvalue weighted by atomic mass is 10.0. The molecule has 0 atom stereocenters. The van der Waals surface area contributed by atoms with Crippen molar-refractivity contribution in [3.63, 3.8) is 0 Å². The van der Waals surface area contributed by atoms with Crippen LogP contribution in [0, 0.1) is 13.8 Å². The Labute approximate surface area is 193 Å². The number of benzene rings is 2. The van der Waals surface area contributed by atoms with Gasteiger partial charge in [-0.15, -0.1) is 0 Å². The third-order valence-corrected chi connectivity index (χ3v) is 5.26. The van der Waals surface area contributed by atoms with Gasteiger partial charge >= 0.3 is 0 Å². The highest BCUT2D eigenvalue weighted by atomic mass is 16.5. The molecule has 1 aromatic heterocycles. The Morgan fingerprint density at radius 3 is 2.15 bits per heavy atom. The number of pyridine rings is 1. The molecule has 0 fully saturated rings. The van der Waals surface area contributed by atoms with Crippen molar-refractivity contribution in [2.24, 2.45) is 0 Å². The van der Waals surface area contributed by atoms with E-state index in [-0.39, 0.29) is 30.2 Å². The molecule has 0 spiro atoms. The van der Waals surface area contributed by atoms with E-state index in [4.69, 9.17) is 4.74 Å². The molecule has 0 radical (unpaired) electrons. The summed E-state index contributed by atoms with van der Waals surface area (Å²) in [6, 6.07) is 16.8. The maximum atomic E-state index is 13.5. The second-order valence-corrected chi connectivity index (χ2v) is 8.49. The molecule has 33 heavy (non-hydrogen) atoms. The number of ether oxygens (including phenoxy) is 1. The van der Waals surface area contributed by atoms with Crippen LogP contribution in [0.4, 0.5) is 5.69 Å².